The lowest BCUT2D eigenvalue weighted by Gasteiger charge is -2.19. The van der Waals surface area contributed by atoms with E-state index in [-0.39, 0.29) is 6.04 Å². The summed E-state index contributed by atoms with van der Waals surface area (Å²) in [5.41, 5.74) is 0.406. The first-order valence-electron chi connectivity index (χ1n) is 3.39. The summed E-state index contributed by atoms with van der Waals surface area (Å²) in [7, 11) is -1.74. The molecule has 0 aliphatic rings. The second-order valence-electron chi connectivity index (χ2n) is 3.41. The number of alkyl halides is 4. The van der Waals surface area contributed by atoms with Gasteiger partial charge in [0.05, 0.1) is 8.07 Å². The van der Waals surface area contributed by atoms with Crippen LogP contribution in [0.2, 0.25) is 19.1 Å². The molecule has 0 aliphatic carbocycles. The van der Waals surface area contributed by atoms with Gasteiger partial charge in [-0.05, 0) is 6.04 Å². The van der Waals surface area contributed by atoms with Crippen LogP contribution in [-0.4, -0.2) is 19.8 Å². The van der Waals surface area contributed by atoms with E-state index in [9.17, 15) is 13.2 Å². The molecule has 0 unspecified atom stereocenters. The second-order valence-corrected chi connectivity index (χ2v) is 9.31. The van der Waals surface area contributed by atoms with Crippen molar-refractivity contribution in [3.63, 3.8) is 0 Å². The van der Waals surface area contributed by atoms with Crippen molar-refractivity contribution in [3.8, 4) is 0 Å². The standard InChI is InChI=1S/C6H12ClF3Si/c1-11(2,5-7)4-3-6(8,9)10/h3-5H2,1-2H3. The molecule has 0 spiro atoms. The van der Waals surface area contributed by atoms with Crippen LogP contribution in [0.1, 0.15) is 6.42 Å². The third-order valence-corrected chi connectivity index (χ3v) is 5.94. The van der Waals surface area contributed by atoms with Gasteiger partial charge in [-0.3, -0.25) is 0 Å². The van der Waals surface area contributed by atoms with Crippen molar-refractivity contribution in [1.29, 1.82) is 0 Å². The van der Waals surface area contributed by atoms with Gasteiger partial charge < -0.3 is 0 Å². The molecule has 0 aliphatic heterocycles. The maximum absolute atomic E-state index is 11.7. The fourth-order valence-electron chi connectivity index (χ4n) is 0.547. The van der Waals surface area contributed by atoms with Crippen LogP contribution >= 0.6 is 11.6 Å². The number of hydrogen-bond donors (Lipinski definition) is 0. The lowest BCUT2D eigenvalue weighted by molar-refractivity contribution is -0.130. The SMILES string of the molecule is C[Si](C)(CCl)CCC(F)(F)F. The van der Waals surface area contributed by atoms with Crippen molar-refractivity contribution in [2.24, 2.45) is 0 Å². The van der Waals surface area contributed by atoms with Crippen LogP contribution in [0.5, 0.6) is 0 Å². The minimum Gasteiger partial charge on any atom is -0.171 e. The average molecular weight is 205 g/mol. The van der Waals surface area contributed by atoms with Gasteiger partial charge in [0.2, 0.25) is 0 Å². The summed E-state index contributed by atoms with van der Waals surface area (Å²) in [6.07, 6.45) is -4.70. The highest BCUT2D eigenvalue weighted by molar-refractivity contribution is 6.83. The maximum Gasteiger partial charge on any atom is 0.388 e. The molecule has 0 saturated carbocycles. The minimum atomic E-state index is -4.02. The molecule has 0 heterocycles. The number of hydrogen-bond acceptors (Lipinski definition) is 0. The molecule has 68 valence electrons. The summed E-state index contributed by atoms with van der Waals surface area (Å²) in [4.78, 5) is 0. The first kappa shape index (κ1) is 11.3. The number of rotatable bonds is 3. The van der Waals surface area contributed by atoms with Crippen LogP contribution in [0.4, 0.5) is 13.2 Å². The zero-order valence-electron chi connectivity index (χ0n) is 6.63. The van der Waals surface area contributed by atoms with Crippen molar-refractivity contribution in [3.05, 3.63) is 0 Å². The Labute approximate surface area is 70.7 Å². The first-order chi connectivity index (χ1) is 4.77. The normalized spacial score (nSPS) is 13.6. The molecular formula is C6H12ClF3Si. The van der Waals surface area contributed by atoms with Gasteiger partial charge >= 0.3 is 6.18 Å². The smallest absolute Gasteiger partial charge is 0.171 e. The summed E-state index contributed by atoms with van der Waals surface area (Å²) in [6, 6.07) is 0.236. The molecule has 0 amide bonds. The molecule has 0 atom stereocenters. The van der Waals surface area contributed by atoms with Crippen LogP contribution in [0, 0.1) is 0 Å². The third kappa shape index (κ3) is 6.69. The molecule has 0 radical (unpaired) electrons. The van der Waals surface area contributed by atoms with Gasteiger partial charge in [0, 0.05) is 11.9 Å². The zero-order valence-corrected chi connectivity index (χ0v) is 8.39. The van der Waals surface area contributed by atoms with Gasteiger partial charge in [-0.2, -0.15) is 13.2 Å². The molecule has 11 heavy (non-hydrogen) atoms. The molecule has 0 nitrogen and oxygen atoms in total. The van der Waals surface area contributed by atoms with E-state index < -0.39 is 20.7 Å². The highest BCUT2D eigenvalue weighted by Gasteiger charge is 2.31. The lowest BCUT2D eigenvalue weighted by Crippen LogP contribution is -2.30. The average Bonchev–Trinajstić information content (AvgIpc) is 1.83. The van der Waals surface area contributed by atoms with Crippen LogP contribution in [0.15, 0.2) is 0 Å². The van der Waals surface area contributed by atoms with Gasteiger partial charge in [0.1, 0.15) is 0 Å². The van der Waals surface area contributed by atoms with E-state index in [2.05, 4.69) is 0 Å². The summed E-state index contributed by atoms with van der Waals surface area (Å²) in [5, 5.41) is 0. The molecule has 0 rings (SSSR count). The Morgan fingerprint density at radius 3 is 2.00 bits per heavy atom. The molecule has 0 bridgehead atoms. The van der Waals surface area contributed by atoms with E-state index in [0.717, 1.165) is 0 Å². The maximum atomic E-state index is 11.7. The Morgan fingerprint density at radius 1 is 1.27 bits per heavy atom. The van der Waals surface area contributed by atoms with Crippen LogP contribution in [0.3, 0.4) is 0 Å². The Bertz CT molecular complexity index is 121. The van der Waals surface area contributed by atoms with E-state index in [0.29, 0.717) is 5.50 Å². The quantitative estimate of drug-likeness (QED) is 0.488. The largest absolute Gasteiger partial charge is 0.388 e. The second kappa shape index (κ2) is 3.80. The fraction of sp³-hybridized carbons (Fsp3) is 1.00. The molecule has 0 saturated heterocycles. The minimum absolute atomic E-state index is 0.236. The fourth-order valence-corrected chi connectivity index (χ4v) is 2.04. The summed E-state index contributed by atoms with van der Waals surface area (Å²) in [6.45, 7) is 3.73. The van der Waals surface area contributed by atoms with Crippen LogP contribution in [0.25, 0.3) is 0 Å². The Morgan fingerprint density at radius 2 is 1.73 bits per heavy atom. The molecule has 0 aromatic heterocycles. The van der Waals surface area contributed by atoms with Crippen molar-refractivity contribution < 1.29 is 13.2 Å². The van der Waals surface area contributed by atoms with Crippen molar-refractivity contribution in [1.82, 2.24) is 0 Å². The lowest BCUT2D eigenvalue weighted by atomic mass is 10.5. The molecule has 5 heteroatoms. The van der Waals surface area contributed by atoms with Gasteiger partial charge in [-0.15, -0.1) is 11.6 Å². The van der Waals surface area contributed by atoms with Crippen molar-refractivity contribution >= 4 is 19.7 Å². The topological polar surface area (TPSA) is 0 Å². The number of halogens is 4. The van der Waals surface area contributed by atoms with Crippen molar-refractivity contribution in [2.45, 2.75) is 31.7 Å². The van der Waals surface area contributed by atoms with Gasteiger partial charge in [-0.1, -0.05) is 13.1 Å². The first-order valence-corrected chi connectivity index (χ1v) is 7.34. The van der Waals surface area contributed by atoms with E-state index in [1.54, 1.807) is 0 Å². The van der Waals surface area contributed by atoms with Gasteiger partial charge in [0.15, 0.2) is 0 Å². The monoisotopic (exact) mass is 204 g/mol. The molecular weight excluding hydrogens is 193 g/mol. The third-order valence-electron chi connectivity index (χ3n) is 1.45. The Hall–Kier alpha value is 0.297. The predicted molar refractivity (Wildman–Crippen MR) is 43.7 cm³/mol. The Kier molecular flexibility index (Phi) is 3.91. The molecule has 0 aromatic rings. The summed E-state index contributed by atoms with van der Waals surface area (Å²) < 4.78 is 35.1. The highest BCUT2D eigenvalue weighted by Crippen LogP contribution is 2.26. The van der Waals surface area contributed by atoms with Gasteiger partial charge in [-0.25, -0.2) is 0 Å². The zero-order chi connectivity index (χ0) is 9.12. The van der Waals surface area contributed by atoms with E-state index in [1.165, 1.54) is 0 Å². The van der Waals surface area contributed by atoms with Crippen LogP contribution < -0.4 is 0 Å². The highest BCUT2D eigenvalue weighted by atomic mass is 35.5. The molecule has 0 aromatic carbocycles. The van der Waals surface area contributed by atoms with E-state index >= 15 is 0 Å². The molecule has 0 fully saturated rings. The Balaban J connectivity index is 3.70. The van der Waals surface area contributed by atoms with E-state index in [1.807, 2.05) is 13.1 Å². The predicted octanol–water partition coefficient (Wildman–Crippen LogP) is 3.43. The summed E-state index contributed by atoms with van der Waals surface area (Å²) >= 11 is 5.52. The van der Waals surface area contributed by atoms with E-state index in [4.69, 9.17) is 11.6 Å². The van der Waals surface area contributed by atoms with Gasteiger partial charge in [0.25, 0.3) is 0 Å². The molecule has 0 N–H and O–H groups in total. The van der Waals surface area contributed by atoms with Crippen LogP contribution in [-0.2, 0) is 0 Å². The van der Waals surface area contributed by atoms with Crippen molar-refractivity contribution in [2.75, 3.05) is 5.50 Å². The summed E-state index contributed by atoms with van der Waals surface area (Å²) in [5.74, 6) is 0.